The van der Waals surface area contributed by atoms with E-state index in [1.165, 1.54) is 10.1 Å². The smallest absolute Gasteiger partial charge is 0.282 e. The summed E-state index contributed by atoms with van der Waals surface area (Å²) in [5, 5.41) is 6.40. The van der Waals surface area contributed by atoms with Gasteiger partial charge in [0.05, 0.1) is 17.3 Å². The first-order valence-corrected chi connectivity index (χ1v) is 9.88. The fraction of sp³-hybridized carbons (Fsp3) is 0.182. The Morgan fingerprint density at radius 3 is 2.63 bits per heavy atom. The van der Waals surface area contributed by atoms with Gasteiger partial charge < -0.3 is 10.2 Å². The minimum Gasteiger partial charge on any atom is -0.322 e. The molecule has 0 radical (unpaired) electrons. The van der Waals surface area contributed by atoms with Crippen molar-refractivity contribution in [3.05, 3.63) is 71.7 Å². The molecule has 0 saturated carbocycles. The van der Waals surface area contributed by atoms with Crippen LogP contribution < -0.4 is 10.2 Å². The van der Waals surface area contributed by atoms with E-state index < -0.39 is 0 Å². The lowest BCUT2D eigenvalue weighted by Crippen LogP contribution is -3.12. The topological polar surface area (TPSA) is 46.4 Å². The molecular formula is C22H22N3OS+. The van der Waals surface area contributed by atoms with Crippen molar-refractivity contribution in [3.63, 3.8) is 0 Å². The summed E-state index contributed by atoms with van der Waals surface area (Å²) >= 11 is 1.70. The number of aromatic nitrogens is 1. The van der Waals surface area contributed by atoms with Crippen molar-refractivity contribution in [1.29, 1.82) is 0 Å². The molecule has 1 aromatic heterocycles. The first-order chi connectivity index (χ1) is 13.1. The van der Waals surface area contributed by atoms with E-state index >= 15 is 0 Å². The second-order valence-corrected chi connectivity index (χ2v) is 7.99. The molecule has 1 unspecified atom stereocenters. The van der Waals surface area contributed by atoms with Crippen molar-refractivity contribution in [3.8, 4) is 0 Å². The first kappa shape index (κ1) is 17.6. The van der Waals surface area contributed by atoms with Gasteiger partial charge in [0.25, 0.3) is 5.91 Å². The number of fused-ring (bicyclic) bond motifs is 2. The van der Waals surface area contributed by atoms with Gasteiger partial charge in [-0.05, 0) is 42.0 Å². The molecule has 136 valence electrons. The molecule has 1 amide bonds. The summed E-state index contributed by atoms with van der Waals surface area (Å²) in [5.74, 6) is 0.0175. The number of quaternary nitrogens is 1. The summed E-state index contributed by atoms with van der Waals surface area (Å²) in [6.07, 6.45) is 0. The number of hydrogen-bond donors (Lipinski definition) is 2. The van der Waals surface area contributed by atoms with Crippen LogP contribution in [0.3, 0.4) is 0 Å². The number of carbonyl (C=O) groups is 1. The zero-order chi connectivity index (χ0) is 18.8. The minimum absolute atomic E-state index is 0.0175. The number of likely N-dealkylation sites (N-methyl/N-ethyl adjacent to an activating group) is 1. The normalized spacial score (nSPS) is 13.6. The lowest BCUT2D eigenvalue weighted by atomic mass is 10.1. The molecule has 4 rings (SSSR count). The highest BCUT2D eigenvalue weighted by atomic mass is 32.1. The summed E-state index contributed by atoms with van der Waals surface area (Å²) < 4.78 is 1.19. The molecule has 2 atom stereocenters. The standard InChI is InChI=1S/C22H21N3OS/c1-15(25(2)14-21-24-19-9-5-6-10-20(19)27-21)22(26)23-18-12-11-16-7-3-4-8-17(16)13-18/h3-13,15H,14H2,1-2H3,(H,23,26)/p+1/t15-/m1/s1. The van der Waals surface area contributed by atoms with Crippen LogP contribution in [0.15, 0.2) is 66.7 Å². The number of benzene rings is 3. The van der Waals surface area contributed by atoms with Gasteiger partial charge in [-0.25, -0.2) is 4.98 Å². The Morgan fingerprint density at radius 1 is 1.07 bits per heavy atom. The molecule has 2 N–H and O–H groups in total. The maximum Gasteiger partial charge on any atom is 0.282 e. The number of carbonyl (C=O) groups excluding carboxylic acids is 1. The number of rotatable bonds is 5. The Balaban J connectivity index is 1.43. The molecule has 3 aromatic carbocycles. The van der Waals surface area contributed by atoms with E-state index in [2.05, 4.69) is 28.5 Å². The van der Waals surface area contributed by atoms with E-state index in [9.17, 15) is 4.79 Å². The Kier molecular flexibility index (Phi) is 4.88. The van der Waals surface area contributed by atoms with Crippen molar-refractivity contribution in [2.45, 2.75) is 19.5 Å². The Labute approximate surface area is 162 Å². The van der Waals surface area contributed by atoms with Gasteiger partial charge in [0.2, 0.25) is 0 Å². The van der Waals surface area contributed by atoms with E-state index in [0.29, 0.717) is 0 Å². The third-order valence-corrected chi connectivity index (χ3v) is 5.95. The zero-order valence-corrected chi connectivity index (χ0v) is 16.2. The number of amides is 1. The van der Waals surface area contributed by atoms with Crippen LogP contribution in [0.25, 0.3) is 21.0 Å². The molecule has 5 heteroatoms. The molecule has 27 heavy (non-hydrogen) atoms. The first-order valence-electron chi connectivity index (χ1n) is 9.06. The average molecular weight is 377 g/mol. The van der Waals surface area contributed by atoms with E-state index in [4.69, 9.17) is 0 Å². The highest BCUT2D eigenvalue weighted by Crippen LogP contribution is 2.21. The van der Waals surface area contributed by atoms with Crippen molar-refractivity contribution in [1.82, 2.24) is 4.98 Å². The number of para-hydroxylation sites is 1. The van der Waals surface area contributed by atoms with E-state index in [0.717, 1.165) is 33.0 Å². The van der Waals surface area contributed by atoms with Crippen molar-refractivity contribution in [2.75, 3.05) is 12.4 Å². The van der Waals surface area contributed by atoms with Crippen LogP contribution in [0.2, 0.25) is 0 Å². The Morgan fingerprint density at radius 2 is 1.81 bits per heavy atom. The Hall–Kier alpha value is -2.76. The van der Waals surface area contributed by atoms with Crippen LogP contribution in [-0.4, -0.2) is 24.0 Å². The van der Waals surface area contributed by atoms with Gasteiger partial charge in [-0.3, -0.25) is 4.79 Å². The molecule has 0 spiro atoms. The number of anilines is 1. The molecule has 0 aliphatic rings. The average Bonchev–Trinajstić information content (AvgIpc) is 3.09. The molecular weight excluding hydrogens is 354 g/mol. The highest BCUT2D eigenvalue weighted by molar-refractivity contribution is 7.18. The molecule has 0 aliphatic carbocycles. The summed E-state index contributed by atoms with van der Waals surface area (Å²) in [6.45, 7) is 2.69. The second kappa shape index (κ2) is 7.47. The Bertz CT molecular complexity index is 1070. The van der Waals surface area contributed by atoms with Crippen molar-refractivity contribution in [2.24, 2.45) is 0 Å². The molecule has 4 aromatic rings. The summed E-state index contributed by atoms with van der Waals surface area (Å²) in [4.78, 5) is 18.5. The third kappa shape index (κ3) is 3.84. The number of thiazole rings is 1. The summed E-state index contributed by atoms with van der Waals surface area (Å²) in [5.41, 5.74) is 1.86. The fourth-order valence-electron chi connectivity index (χ4n) is 3.13. The van der Waals surface area contributed by atoms with Gasteiger partial charge in [-0.2, -0.15) is 0 Å². The largest absolute Gasteiger partial charge is 0.322 e. The van der Waals surface area contributed by atoms with Crippen LogP contribution in [-0.2, 0) is 11.3 Å². The van der Waals surface area contributed by atoms with Gasteiger partial charge in [-0.1, -0.05) is 42.5 Å². The van der Waals surface area contributed by atoms with Crippen molar-refractivity contribution < 1.29 is 9.69 Å². The van der Waals surface area contributed by atoms with Gasteiger partial charge in [-0.15, -0.1) is 11.3 Å². The lowest BCUT2D eigenvalue weighted by molar-refractivity contribution is -0.907. The van der Waals surface area contributed by atoms with Gasteiger partial charge >= 0.3 is 0 Å². The molecule has 4 nitrogen and oxygen atoms in total. The molecule has 0 bridgehead atoms. The SMILES string of the molecule is C[C@H](C(=O)Nc1ccc2ccccc2c1)[NH+](C)Cc1nc2ccccc2s1. The predicted molar refractivity (Wildman–Crippen MR) is 112 cm³/mol. The van der Waals surface area contributed by atoms with Gasteiger partial charge in [0.1, 0.15) is 11.6 Å². The maximum absolute atomic E-state index is 12.7. The zero-order valence-electron chi connectivity index (χ0n) is 15.4. The summed E-state index contributed by atoms with van der Waals surface area (Å²) in [7, 11) is 2.04. The molecule has 0 fully saturated rings. The van der Waals surface area contributed by atoms with E-state index in [1.54, 1.807) is 11.3 Å². The minimum atomic E-state index is -0.177. The van der Waals surface area contributed by atoms with Crippen LogP contribution in [0.1, 0.15) is 11.9 Å². The van der Waals surface area contributed by atoms with Gasteiger partial charge in [0.15, 0.2) is 6.04 Å². The highest BCUT2D eigenvalue weighted by Gasteiger charge is 2.23. The third-order valence-electron chi connectivity index (χ3n) is 4.92. The monoisotopic (exact) mass is 376 g/mol. The van der Waals surface area contributed by atoms with Crippen LogP contribution >= 0.6 is 11.3 Å². The van der Waals surface area contributed by atoms with Crippen LogP contribution in [0.5, 0.6) is 0 Å². The second-order valence-electron chi connectivity index (χ2n) is 6.87. The van der Waals surface area contributed by atoms with E-state index in [-0.39, 0.29) is 11.9 Å². The molecule has 0 saturated heterocycles. The molecule has 0 aliphatic heterocycles. The van der Waals surface area contributed by atoms with Crippen molar-refractivity contribution >= 4 is 43.9 Å². The predicted octanol–water partition coefficient (Wildman–Crippen LogP) is 3.49. The maximum atomic E-state index is 12.7. The van der Waals surface area contributed by atoms with Gasteiger partial charge in [0, 0.05) is 5.69 Å². The fourth-order valence-corrected chi connectivity index (χ4v) is 4.19. The number of hydrogen-bond acceptors (Lipinski definition) is 3. The number of nitrogens with one attached hydrogen (secondary N) is 2. The quantitative estimate of drug-likeness (QED) is 0.560. The molecule has 1 heterocycles. The lowest BCUT2D eigenvalue weighted by Gasteiger charge is -2.20. The van der Waals surface area contributed by atoms with Crippen LogP contribution in [0, 0.1) is 0 Å². The van der Waals surface area contributed by atoms with Crippen LogP contribution in [0.4, 0.5) is 5.69 Å². The van der Waals surface area contributed by atoms with E-state index in [1.807, 2.05) is 62.5 Å². The summed E-state index contributed by atoms with van der Waals surface area (Å²) in [6, 6.07) is 22.1. The number of nitrogens with zero attached hydrogens (tertiary/aromatic N) is 1.